The van der Waals surface area contributed by atoms with Crippen LogP contribution in [0.2, 0.25) is 0 Å². The molecular formula is C15H24N2O4. The molecule has 0 aromatic heterocycles. The molecule has 2 aliphatic heterocycles. The molecule has 6 nitrogen and oxygen atoms in total. The Morgan fingerprint density at radius 2 is 1.67 bits per heavy atom. The van der Waals surface area contributed by atoms with Gasteiger partial charge >= 0.3 is 12.0 Å². The molecule has 1 aliphatic carbocycles. The number of carbonyl (C=O) groups is 2. The Morgan fingerprint density at radius 1 is 1.05 bits per heavy atom. The molecule has 0 aromatic carbocycles. The summed E-state index contributed by atoms with van der Waals surface area (Å²) in [4.78, 5) is 25.0. The van der Waals surface area contributed by atoms with E-state index in [9.17, 15) is 9.59 Å². The summed E-state index contributed by atoms with van der Waals surface area (Å²) in [7, 11) is 0. The third-order valence-corrected chi connectivity index (χ3v) is 5.07. The van der Waals surface area contributed by atoms with E-state index in [-0.39, 0.29) is 24.2 Å². The number of morpholine rings is 1. The molecule has 2 heterocycles. The third kappa shape index (κ3) is 3.48. The molecule has 21 heavy (non-hydrogen) atoms. The molecule has 3 fully saturated rings. The van der Waals surface area contributed by atoms with E-state index in [2.05, 4.69) is 5.32 Å². The van der Waals surface area contributed by atoms with Crippen molar-refractivity contribution in [1.82, 2.24) is 10.2 Å². The van der Waals surface area contributed by atoms with Crippen molar-refractivity contribution in [2.75, 3.05) is 19.6 Å². The number of rotatable bonds is 3. The van der Waals surface area contributed by atoms with Gasteiger partial charge in [0, 0.05) is 19.6 Å². The normalized spacial score (nSPS) is 35.5. The van der Waals surface area contributed by atoms with Crippen molar-refractivity contribution in [2.24, 2.45) is 11.8 Å². The van der Waals surface area contributed by atoms with Crippen LogP contribution in [0.1, 0.15) is 38.5 Å². The Hall–Kier alpha value is -1.30. The number of amides is 2. The van der Waals surface area contributed by atoms with E-state index in [0.29, 0.717) is 25.6 Å². The predicted molar refractivity (Wildman–Crippen MR) is 76.0 cm³/mol. The summed E-state index contributed by atoms with van der Waals surface area (Å²) in [6, 6.07) is 0.00978. The number of nitrogens with one attached hydrogen (secondary N) is 1. The summed E-state index contributed by atoms with van der Waals surface area (Å²) in [5.41, 5.74) is 0. The SMILES string of the molecule is O=C(O)C1CCC(CNC(=O)N2CC3CCC(C2)O3)CC1. The molecule has 2 atom stereocenters. The lowest BCUT2D eigenvalue weighted by Gasteiger charge is -2.33. The zero-order chi connectivity index (χ0) is 14.8. The molecule has 3 aliphatic rings. The van der Waals surface area contributed by atoms with Gasteiger partial charge in [-0.3, -0.25) is 4.79 Å². The average Bonchev–Trinajstić information content (AvgIpc) is 2.83. The second kappa shape index (κ2) is 6.22. The topological polar surface area (TPSA) is 78.9 Å². The summed E-state index contributed by atoms with van der Waals surface area (Å²) in [5, 5.41) is 12.0. The molecule has 2 amide bonds. The highest BCUT2D eigenvalue weighted by Gasteiger charge is 2.36. The molecule has 1 saturated carbocycles. The highest BCUT2D eigenvalue weighted by Crippen LogP contribution is 2.29. The van der Waals surface area contributed by atoms with Crippen LogP contribution in [0.3, 0.4) is 0 Å². The van der Waals surface area contributed by atoms with Gasteiger partial charge in [-0.25, -0.2) is 4.79 Å². The number of carboxylic acid groups (broad SMARTS) is 1. The van der Waals surface area contributed by atoms with E-state index in [1.807, 2.05) is 4.90 Å². The number of hydrogen-bond acceptors (Lipinski definition) is 3. The lowest BCUT2D eigenvalue weighted by molar-refractivity contribution is -0.143. The summed E-state index contributed by atoms with van der Waals surface area (Å²) in [6.45, 7) is 2.07. The van der Waals surface area contributed by atoms with Crippen molar-refractivity contribution in [1.29, 1.82) is 0 Å². The lowest BCUT2D eigenvalue weighted by Crippen LogP contribution is -2.50. The van der Waals surface area contributed by atoms with Crippen molar-refractivity contribution in [3.63, 3.8) is 0 Å². The van der Waals surface area contributed by atoms with Crippen LogP contribution >= 0.6 is 0 Å². The van der Waals surface area contributed by atoms with E-state index in [4.69, 9.17) is 9.84 Å². The second-order valence-corrected chi connectivity index (χ2v) is 6.60. The van der Waals surface area contributed by atoms with Gasteiger partial charge in [-0.15, -0.1) is 0 Å². The number of urea groups is 1. The van der Waals surface area contributed by atoms with Crippen molar-refractivity contribution in [3.8, 4) is 0 Å². The Balaban J connectivity index is 1.39. The molecule has 0 aromatic rings. The van der Waals surface area contributed by atoms with E-state index in [1.165, 1.54) is 0 Å². The number of likely N-dealkylation sites (tertiary alicyclic amines) is 1. The fourth-order valence-electron chi connectivity index (χ4n) is 3.74. The molecule has 2 N–H and O–H groups in total. The maximum Gasteiger partial charge on any atom is 0.317 e. The molecule has 6 heteroatoms. The molecule has 2 saturated heterocycles. The molecule has 0 radical (unpaired) electrons. The van der Waals surface area contributed by atoms with Crippen LogP contribution in [0, 0.1) is 11.8 Å². The van der Waals surface area contributed by atoms with E-state index < -0.39 is 5.97 Å². The first-order valence-electron chi connectivity index (χ1n) is 8.03. The number of nitrogens with zero attached hydrogens (tertiary/aromatic N) is 1. The number of hydrogen-bond donors (Lipinski definition) is 2. The minimum absolute atomic E-state index is 0.00978. The quantitative estimate of drug-likeness (QED) is 0.826. The predicted octanol–water partition coefficient (Wildman–Crippen LogP) is 1.45. The largest absolute Gasteiger partial charge is 0.481 e. The van der Waals surface area contributed by atoms with E-state index >= 15 is 0 Å². The van der Waals surface area contributed by atoms with E-state index in [1.54, 1.807) is 0 Å². The molecule has 2 bridgehead atoms. The fraction of sp³-hybridized carbons (Fsp3) is 0.867. The van der Waals surface area contributed by atoms with Gasteiger partial charge in [0.05, 0.1) is 18.1 Å². The number of aliphatic carboxylic acids is 1. The van der Waals surface area contributed by atoms with Gasteiger partial charge in [-0.05, 0) is 44.4 Å². The summed E-state index contributed by atoms with van der Waals surface area (Å²) in [5.74, 6) is -0.449. The Kier molecular flexibility index (Phi) is 4.33. The molecule has 0 spiro atoms. The average molecular weight is 296 g/mol. The summed E-state index contributed by atoms with van der Waals surface area (Å²) in [6.07, 6.45) is 5.83. The van der Waals surface area contributed by atoms with Crippen LogP contribution in [0.5, 0.6) is 0 Å². The summed E-state index contributed by atoms with van der Waals surface area (Å²) >= 11 is 0. The number of carboxylic acids is 1. The van der Waals surface area contributed by atoms with Crippen molar-refractivity contribution >= 4 is 12.0 Å². The Labute approximate surface area is 124 Å². The maximum absolute atomic E-state index is 12.2. The van der Waals surface area contributed by atoms with Crippen LogP contribution in [0.25, 0.3) is 0 Å². The minimum Gasteiger partial charge on any atom is -0.481 e. The van der Waals surface area contributed by atoms with Crippen LogP contribution in [0.15, 0.2) is 0 Å². The van der Waals surface area contributed by atoms with Crippen LogP contribution in [0.4, 0.5) is 4.79 Å². The maximum atomic E-state index is 12.2. The van der Waals surface area contributed by atoms with Gasteiger partial charge in [0.2, 0.25) is 0 Å². The van der Waals surface area contributed by atoms with Crippen LogP contribution in [-0.2, 0) is 9.53 Å². The summed E-state index contributed by atoms with van der Waals surface area (Å²) < 4.78 is 5.73. The standard InChI is InChI=1S/C15H24N2O4/c18-14(19)11-3-1-10(2-4-11)7-16-15(20)17-8-12-5-6-13(9-17)21-12/h10-13H,1-9H2,(H,16,20)(H,18,19). The van der Waals surface area contributed by atoms with Gasteiger partial charge in [0.1, 0.15) is 0 Å². The highest BCUT2D eigenvalue weighted by molar-refractivity contribution is 5.74. The Bertz CT molecular complexity index is 394. The number of fused-ring (bicyclic) bond motifs is 2. The molecule has 3 rings (SSSR count). The molecular weight excluding hydrogens is 272 g/mol. The smallest absolute Gasteiger partial charge is 0.317 e. The number of ether oxygens (including phenoxy) is 1. The first-order valence-corrected chi connectivity index (χ1v) is 8.03. The van der Waals surface area contributed by atoms with Crippen molar-refractivity contribution < 1.29 is 19.4 Å². The van der Waals surface area contributed by atoms with Gasteiger partial charge in [-0.1, -0.05) is 0 Å². The highest BCUT2D eigenvalue weighted by atomic mass is 16.5. The number of carbonyl (C=O) groups excluding carboxylic acids is 1. The molecule has 118 valence electrons. The van der Waals surface area contributed by atoms with Crippen molar-refractivity contribution in [3.05, 3.63) is 0 Å². The first-order chi connectivity index (χ1) is 10.1. The van der Waals surface area contributed by atoms with Gasteiger partial charge in [0.15, 0.2) is 0 Å². The van der Waals surface area contributed by atoms with Gasteiger partial charge in [-0.2, -0.15) is 0 Å². The minimum atomic E-state index is -0.679. The lowest BCUT2D eigenvalue weighted by atomic mass is 9.82. The van der Waals surface area contributed by atoms with Crippen LogP contribution < -0.4 is 5.32 Å². The zero-order valence-corrected chi connectivity index (χ0v) is 12.3. The molecule has 2 unspecified atom stereocenters. The second-order valence-electron chi connectivity index (χ2n) is 6.60. The Morgan fingerprint density at radius 3 is 2.24 bits per heavy atom. The zero-order valence-electron chi connectivity index (χ0n) is 12.3. The third-order valence-electron chi connectivity index (χ3n) is 5.07. The van der Waals surface area contributed by atoms with Gasteiger partial charge in [0.25, 0.3) is 0 Å². The fourth-order valence-corrected chi connectivity index (χ4v) is 3.74. The monoisotopic (exact) mass is 296 g/mol. The van der Waals surface area contributed by atoms with E-state index in [0.717, 1.165) is 38.5 Å². The first kappa shape index (κ1) is 14.6. The van der Waals surface area contributed by atoms with Gasteiger partial charge < -0.3 is 20.1 Å². The van der Waals surface area contributed by atoms with Crippen LogP contribution in [-0.4, -0.2) is 53.8 Å². The van der Waals surface area contributed by atoms with Crippen molar-refractivity contribution in [2.45, 2.75) is 50.7 Å².